The van der Waals surface area contributed by atoms with Crippen LogP contribution in [0.1, 0.15) is 11.4 Å². The SMILES string of the molecule is Nc1c(Br)cccc1-c1nc(Cc2ccccc2Br)no1. The van der Waals surface area contributed by atoms with E-state index >= 15 is 0 Å². The Bertz CT molecular complexity index is 786. The van der Waals surface area contributed by atoms with Crippen LogP contribution in [0.15, 0.2) is 55.9 Å². The van der Waals surface area contributed by atoms with Crippen molar-refractivity contribution < 1.29 is 4.52 Å². The minimum absolute atomic E-state index is 0.427. The Hall–Kier alpha value is -1.66. The number of nitrogen functional groups attached to an aromatic ring is 1. The molecule has 0 saturated carbocycles. The van der Waals surface area contributed by atoms with Crippen LogP contribution in [0.25, 0.3) is 11.5 Å². The Morgan fingerprint density at radius 1 is 1.00 bits per heavy atom. The van der Waals surface area contributed by atoms with Gasteiger partial charge in [0, 0.05) is 15.4 Å². The van der Waals surface area contributed by atoms with Gasteiger partial charge in [-0.3, -0.25) is 0 Å². The van der Waals surface area contributed by atoms with Gasteiger partial charge in [-0.05, 0) is 39.7 Å². The second-order valence-corrected chi connectivity index (χ2v) is 6.19. The van der Waals surface area contributed by atoms with Crippen molar-refractivity contribution in [3.63, 3.8) is 0 Å². The van der Waals surface area contributed by atoms with Crippen molar-refractivity contribution in [3.8, 4) is 11.5 Å². The second kappa shape index (κ2) is 5.99. The fourth-order valence-corrected chi connectivity index (χ4v) is 2.76. The van der Waals surface area contributed by atoms with Crippen LogP contribution in [0.3, 0.4) is 0 Å². The van der Waals surface area contributed by atoms with Crippen LogP contribution < -0.4 is 5.73 Å². The number of nitrogens with two attached hydrogens (primary N) is 1. The molecule has 0 aliphatic rings. The molecule has 0 aliphatic carbocycles. The summed E-state index contributed by atoms with van der Waals surface area (Å²) in [6.45, 7) is 0. The molecule has 3 aromatic rings. The number of para-hydroxylation sites is 1. The molecule has 1 aromatic heterocycles. The third-order valence-electron chi connectivity index (χ3n) is 3.06. The monoisotopic (exact) mass is 407 g/mol. The van der Waals surface area contributed by atoms with Crippen LogP contribution in [0, 0.1) is 0 Å². The van der Waals surface area contributed by atoms with Gasteiger partial charge in [0.1, 0.15) is 0 Å². The molecule has 0 saturated heterocycles. The van der Waals surface area contributed by atoms with Crippen molar-refractivity contribution >= 4 is 37.5 Å². The zero-order chi connectivity index (χ0) is 14.8. The number of halogens is 2. The van der Waals surface area contributed by atoms with Gasteiger partial charge in [-0.15, -0.1) is 0 Å². The number of hydrogen-bond donors (Lipinski definition) is 1. The highest BCUT2D eigenvalue weighted by Gasteiger charge is 2.14. The van der Waals surface area contributed by atoms with Crippen molar-refractivity contribution in [1.29, 1.82) is 0 Å². The Balaban J connectivity index is 1.90. The van der Waals surface area contributed by atoms with E-state index in [1.807, 2.05) is 42.5 Å². The summed E-state index contributed by atoms with van der Waals surface area (Å²) >= 11 is 6.91. The average Bonchev–Trinajstić information content (AvgIpc) is 2.93. The summed E-state index contributed by atoms with van der Waals surface area (Å²) in [4.78, 5) is 4.42. The number of aromatic nitrogens is 2. The average molecular weight is 409 g/mol. The molecule has 1 heterocycles. The van der Waals surface area contributed by atoms with E-state index in [4.69, 9.17) is 10.3 Å². The normalized spacial score (nSPS) is 10.8. The van der Waals surface area contributed by atoms with Gasteiger partial charge in [-0.1, -0.05) is 45.4 Å². The highest BCUT2D eigenvalue weighted by atomic mass is 79.9. The number of benzene rings is 2. The minimum atomic E-state index is 0.427. The van der Waals surface area contributed by atoms with E-state index in [2.05, 4.69) is 42.0 Å². The van der Waals surface area contributed by atoms with Crippen LogP contribution in [0.5, 0.6) is 0 Å². The van der Waals surface area contributed by atoms with Crippen LogP contribution in [-0.2, 0) is 6.42 Å². The van der Waals surface area contributed by atoms with E-state index in [9.17, 15) is 0 Å². The highest BCUT2D eigenvalue weighted by Crippen LogP contribution is 2.30. The molecule has 106 valence electrons. The van der Waals surface area contributed by atoms with Gasteiger partial charge >= 0.3 is 0 Å². The highest BCUT2D eigenvalue weighted by molar-refractivity contribution is 9.10. The summed E-state index contributed by atoms with van der Waals surface area (Å²) in [5.41, 5.74) is 8.45. The molecular formula is C15H11Br2N3O. The number of hydrogen-bond acceptors (Lipinski definition) is 4. The fraction of sp³-hybridized carbons (Fsp3) is 0.0667. The maximum Gasteiger partial charge on any atom is 0.260 e. The van der Waals surface area contributed by atoms with Crippen molar-refractivity contribution in [1.82, 2.24) is 10.1 Å². The summed E-state index contributed by atoms with van der Waals surface area (Å²) in [6.07, 6.45) is 0.596. The van der Waals surface area contributed by atoms with Gasteiger partial charge in [-0.25, -0.2) is 0 Å². The molecule has 21 heavy (non-hydrogen) atoms. The van der Waals surface area contributed by atoms with Crippen molar-refractivity contribution in [3.05, 3.63) is 62.8 Å². The molecule has 4 nitrogen and oxygen atoms in total. The summed E-state index contributed by atoms with van der Waals surface area (Å²) in [6, 6.07) is 13.6. The standard InChI is InChI=1S/C15H11Br2N3O/c16-11-6-2-1-4-9(11)8-13-19-15(21-20-13)10-5-3-7-12(17)14(10)18/h1-7H,8,18H2. The largest absolute Gasteiger partial charge is 0.397 e. The Labute approximate surface area is 138 Å². The molecular weight excluding hydrogens is 398 g/mol. The predicted octanol–water partition coefficient (Wildman–Crippen LogP) is 4.43. The molecule has 0 aliphatic heterocycles. The van der Waals surface area contributed by atoms with E-state index in [-0.39, 0.29) is 0 Å². The fourth-order valence-electron chi connectivity index (χ4n) is 1.97. The molecule has 2 N–H and O–H groups in total. The van der Waals surface area contributed by atoms with Gasteiger partial charge in [0.25, 0.3) is 5.89 Å². The lowest BCUT2D eigenvalue weighted by molar-refractivity contribution is 0.424. The third kappa shape index (κ3) is 3.01. The summed E-state index contributed by atoms with van der Waals surface area (Å²) < 4.78 is 7.16. The maximum atomic E-state index is 6.02. The topological polar surface area (TPSA) is 64.9 Å². The zero-order valence-corrected chi connectivity index (χ0v) is 14.1. The number of anilines is 1. The molecule has 6 heteroatoms. The van der Waals surface area contributed by atoms with E-state index in [0.29, 0.717) is 23.8 Å². The summed E-state index contributed by atoms with van der Waals surface area (Å²) in [5.74, 6) is 1.05. The minimum Gasteiger partial charge on any atom is -0.397 e. The summed E-state index contributed by atoms with van der Waals surface area (Å²) in [7, 11) is 0. The Morgan fingerprint density at radius 3 is 2.57 bits per heavy atom. The Morgan fingerprint density at radius 2 is 1.76 bits per heavy atom. The van der Waals surface area contributed by atoms with Crippen molar-refractivity contribution in [2.75, 3.05) is 5.73 Å². The Kier molecular flexibility index (Phi) is 4.07. The first kappa shape index (κ1) is 14.3. The lowest BCUT2D eigenvalue weighted by Crippen LogP contribution is -1.93. The van der Waals surface area contributed by atoms with E-state index in [1.54, 1.807) is 0 Å². The molecule has 0 bridgehead atoms. The van der Waals surface area contributed by atoms with E-state index < -0.39 is 0 Å². The molecule has 0 unspecified atom stereocenters. The van der Waals surface area contributed by atoms with Gasteiger partial charge in [0.15, 0.2) is 5.82 Å². The molecule has 0 atom stereocenters. The quantitative estimate of drug-likeness (QED) is 0.650. The van der Waals surface area contributed by atoms with Crippen LogP contribution >= 0.6 is 31.9 Å². The van der Waals surface area contributed by atoms with Gasteiger partial charge in [0.2, 0.25) is 0 Å². The zero-order valence-electron chi connectivity index (χ0n) is 10.9. The van der Waals surface area contributed by atoms with E-state index in [1.165, 1.54) is 0 Å². The first-order chi connectivity index (χ1) is 10.1. The molecule has 0 fully saturated rings. The van der Waals surface area contributed by atoms with E-state index in [0.717, 1.165) is 20.1 Å². The first-order valence-corrected chi connectivity index (χ1v) is 7.84. The second-order valence-electron chi connectivity index (χ2n) is 4.49. The smallest absolute Gasteiger partial charge is 0.260 e. The molecule has 0 amide bonds. The van der Waals surface area contributed by atoms with Crippen LogP contribution in [-0.4, -0.2) is 10.1 Å². The predicted molar refractivity (Wildman–Crippen MR) is 88.8 cm³/mol. The van der Waals surface area contributed by atoms with Crippen molar-refractivity contribution in [2.24, 2.45) is 0 Å². The van der Waals surface area contributed by atoms with Crippen LogP contribution in [0.4, 0.5) is 5.69 Å². The van der Waals surface area contributed by atoms with Crippen molar-refractivity contribution in [2.45, 2.75) is 6.42 Å². The molecule has 0 spiro atoms. The lowest BCUT2D eigenvalue weighted by atomic mass is 10.1. The number of nitrogens with zero attached hydrogens (tertiary/aromatic N) is 2. The third-order valence-corrected chi connectivity index (χ3v) is 4.52. The molecule has 2 aromatic carbocycles. The van der Waals surface area contributed by atoms with Gasteiger partial charge in [0.05, 0.1) is 11.3 Å². The molecule has 3 rings (SSSR count). The lowest BCUT2D eigenvalue weighted by Gasteiger charge is -2.02. The molecule has 0 radical (unpaired) electrons. The van der Waals surface area contributed by atoms with Gasteiger partial charge in [-0.2, -0.15) is 4.98 Å². The maximum absolute atomic E-state index is 6.02. The summed E-state index contributed by atoms with van der Waals surface area (Å²) in [5, 5.41) is 4.02. The number of rotatable bonds is 3. The van der Waals surface area contributed by atoms with Gasteiger partial charge < -0.3 is 10.3 Å². The van der Waals surface area contributed by atoms with Crippen LogP contribution in [0.2, 0.25) is 0 Å². The first-order valence-electron chi connectivity index (χ1n) is 6.25.